The quantitative estimate of drug-likeness (QED) is 0.278. The van der Waals surface area contributed by atoms with Crippen LogP contribution in [0.2, 0.25) is 0 Å². The van der Waals surface area contributed by atoms with Gasteiger partial charge < -0.3 is 10.2 Å². The van der Waals surface area contributed by atoms with Gasteiger partial charge in [0, 0.05) is 0 Å². The number of aliphatic hydroxyl groups excluding tert-OH is 1. The van der Waals surface area contributed by atoms with Crippen LogP contribution < -0.4 is 5.90 Å². The summed E-state index contributed by atoms with van der Waals surface area (Å²) in [6.45, 7) is -0.236. The van der Waals surface area contributed by atoms with Crippen LogP contribution in [0, 0.1) is 0 Å². The SMILES string of the molecule is NOCC(O)O. The standard InChI is InChI=1S/C2H7NO3/c3-6-1-2(4)5/h2,4-5H,1,3H2. The van der Waals surface area contributed by atoms with Gasteiger partial charge >= 0.3 is 0 Å². The summed E-state index contributed by atoms with van der Waals surface area (Å²) in [6.07, 6.45) is -1.45. The fourth-order valence-corrected chi connectivity index (χ4v) is 0.0861. The number of hydrogen-bond acceptors (Lipinski definition) is 4. The van der Waals surface area contributed by atoms with Crippen molar-refractivity contribution in [3.63, 3.8) is 0 Å². The molecule has 38 valence electrons. The van der Waals surface area contributed by atoms with Crippen LogP contribution in [-0.2, 0) is 4.84 Å². The van der Waals surface area contributed by atoms with Crippen molar-refractivity contribution < 1.29 is 15.1 Å². The van der Waals surface area contributed by atoms with Gasteiger partial charge in [0.1, 0.15) is 6.61 Å². The summed E-state index contributed by atoms with van der Waals surface area (Å²) in [5.74, 6) is 4.41. The predicted octanol–water partition coefficient (Wildman–Crippen LogP) is -1.81. The Balaban J connectivity index is 2.63. The molecule has 0 amide bonds. The van der Waals surface area contributed by atoms with Crippen molar-refractivity contribution in [1.29, 1.82) is 0 Å². The van der Waals surface area contributed by atoms with E-state index in [1.165, 1.54) is 0 Å². The third-order valence-electron chi connectivity index (χ3n) is 0.245. The molecule has 0 heterocycles. The molecular weight excluding hydrogens is 86.0 g/mol. The predicted molar refractivity (Wildman–Crippen MR) is 18.4 cm³/mol. The van der Waals surface area contributed by atoms with Gasteiger partial charge in [-0.25, -0.2) is 5.90 Å². The molecule has 6 heavy (non-hydrogen) atoms. The molecule has 0 rings (SSSR count). The molecule has 0 aliphatic heterocycles. The Bertz CT molecular complexity index is 30.0. The molecule has 4 nitrogen and oxygen atoms in total. The molecule has 0 radical (unpaired) electrons. The Labute approximate surface area is 35.1 Å². The molecule has 0 unspecified atom stereocenters. The molecule has 0 aromatic rings. The minimum Gasteiger partial charge on any atom is -0.366 e. The number of aliphatic hydroxyl groups is 2. The van der Waals surface area contributed by atoms with Crippen molar-refractivity contribution in [1.82, 2.24) is 0 Å². The minimum atomic E-state index is -1.45. The van der Waals surface area contributed by atoms with E-state index in [4.69, 9.17) is 10.2 Å². The van der Waals surface area contributed by atoms with Crippen molar-refractivity contribution in [2.75, 3.05) is 6.61 Å². The normalized spacial score (nSPS) is 10.0. The van der Waals surface area contributed by atoms with E-state index in [1.807, 2.05) is 0 Å². The first-order valence-corrected chi connectivity index (χ1v) is 1.45. The molecule has 0 bridgehead atoms. The molecule has 0 fully saturated rings. The van der Waals surface area contributed by atoms with Gasteiger partial charge in [-0.05, 0) is 0 Å². The lowest BCUT2D eigenvalue weighted by Crippen LogP contribution is -2.16. The Morgan fingerprint density at radius 2 is 2.17 bits per heavy atom. The molecule has 0 saturated carbocycles. The van der Waals surface area contributed by atoms with Crippen LogP contribution in [0.4, 0.5) is 0 Å². The van der Waals surface area contributed by atoms with Crippen LogP contribution in [-0.4, -0.2) is 23.1 Å². The molecule has 0 spiro atoms. The first-order chi connectivity index (χ1) is 2.77. The lowest BCUT2D eigenvalue weighted by molar-refractivity contribution is -0.0954. The van der Waals surface area contributed by atoms with Crippen molar-refractivity contribution in [2.24, 2.45) is 5.90 Å². The van der Waals surface area contributed by atoms with E-state index in [1.54, 1.807) is 0 Å². The maximum Gasteiger partial charge on any atom is 0.177 e. The van der Waals surface area contributed by atoms with Gasteiger partial charge in [0.05, 0.1) is 0 Å². The maximum atomic E-state index is 7.90. The first kappa shape index (κ1) is 5.84. The van der Waals surface area contributed by atoms with E-state index in [9.17, 15) is 0 Å². The van der Waals surface area contributed by atoms with Crippen LogP contribution in [0.3, 0.4) is 0 Å². The average Bonchev–Trinajstić information content (AvgIpc) is 1.35. The second-order valence-electron chi connectivity index (χ2n) is 0.814. The molecule has 0 aliphatic rings. The van der Waals surface area contributed by atoms with Crippen LogP contribution in [0.1, 0.15) is 0 Å². The summed E-state index contributed by atoms with van der Waals surface area (Å²) >= 11 is 0. The summed E-state index contributed by atoms with van der Waals surface area (Å²) in [4.78, 5) is 3.80. The molecular formula is C2H7NO3. The van der Waals surface area contributed by atoms with E-state index in [0.717, 1.165) is 0 Å². The van der Waals surface area contributed by atoms with E-state index in [0.29, 0.717) is 0 Å². The van der Waals surface area contributed by atoms with Crippen LogP contribution >= 0.6 is 0 Å². The highest BCUT2D eigenvalue weighted by Crippen LogP contribution is 1.68. The summed E-state index contributed by atoms with van der Waals surface area (Å²) in [5, 5.41) is 15.8. The highest BCUT2D eigenvalue weighted by Gasteiger charge is 1.90. The van der Waals surface area contributed by atoms with E-state index < -0.39 is 6.29 Å². The third kappa shape index (κ3) is 3.84. The topological polar surface area (TPSA) is 75.7 Å². The minimum absolute atomic E-state index is 0.236. The highest BCUT2D eigenvalue weighted by molar-refractivity contribution is 4.23. The lowest BCUT2D eigenvalue weighted by atomic mass is 10.7. The van der Waals surface area contributed by atoms with Gasteiger partial charge in [-0.15, -0.1) is 0 Å². The van der Waals surface area contributed by atoms with E-state index in [2.05, 4.69) is 10.7 Å². The molecule has 0 atom stereocenters. The summed E-state index contributed by atoms with van der Waals surface area (Å²) in [6, 6.07) is 0. The average molecular weight is 93.1 g/mol. The summed E-state index contributed by atoms with van der Waals surface area (Å²) in [7, 11) is 0. The smallest absolute Gasteiger partial charge is 0.177 e. The Morgan fingerprint density at radius 3 is 2.17 bits per heavy atom. The highest BCUT2D eigenvalue weighted by atomic mass is 16.6. The second-order valence-corrected chi connectivity index (χ2v) is 0.814. The Kier molecular flexibility index (Phi) is 2.97. The second kappa shape index (κ2) is 3.05. The van der Waals surface area contributed by atoms with Gasteiger partial charge in [0.25, 0.3) is 0 Å². The molecule has 0 saturated heterocycles. The maximum absolute atomic E-state index is 7.90. The molecule has 0 aliphatic carbocycles. The summed E-state index contributed by atoms with van der Waals surface area (Å²) in [5.41, 5.74) is 0. The molecule has 0 aromatic carbocycles. The van der Waals surface area contributed by atoms with Crippen LogP contribution in [0.5, 0.6) is 0 Å². The molecule has 4 heteroatoms. The Morgan fingerprint density at radius 1 is 1.67 bits per heavy atom. The van der Waals surface area contributed by atoms with Gasteiger partial charge in [-0.1, -0.05) is 0 Å². The zero-order chi connectivity index (χ0) is 4.99. The largest absolute Gasteiger partial charge is 0.366 e. The Hall–Kier alpha value is -0.160. The van der Waals surface area contributed by atoms with Crippen molar-refractivity contribution in [3.8, 4) is 0 Å². The monoisotopic (exact) mass is 93.0 g/mol. The van der Waals surface area contributed by atoms with E-state index >= 15 is 0 Å². The lowest BCUT2D eigenvalue weighted by Gasteiger charge is -1.95. The van der Waals surface area contributed by atoms with Gasteiger partial charge in [0.15, 0.2) is 6.29 Å². The summed E-state index contributed by atoms with van der Waals surface area (Å²) < 4.78 is 0. The number of nitrogens with two attached hydrogens (primary N) is 1. The fraction of sp³-hybridized carbons (Fsp3) is 1.00. The molecule has 4 N–H and O–H groups in total. The number of hydrogen-bond donors (Lipinski definition) is 3. The van der Waals surface area contributed by atoms with Gasteiger partial charge in [-0.2, -0.15) is 0 Å². The van der Waals surface area contributed by atoms with E-state index in [-0.39, 0.29) is 6.61 Å². The van der Waals surface area contributed by atoms with Crippen molar-refractivity contribution >= 4 is 0 Å². The van der Waals surface area contributed by atoms with Crippen LogP contribution in [0.15, 0.2) is 0 Å². The van der Waals surface area contributed by atoms with Gasteiger partial charge in [0.2, 0.25) is 0 Å². The third-order valence-corrected chi connectivity index (χ3v) is 0.245. The van der Waals surface area contributed by atoms with Crippen molar-refractivity contribution in [2.45, 2.75) is 6.29 Å². The fourth-order valence-electron chi connectivity index (χ4n) is 0.0861. The van der Waals surface area contributed by atoms with Gasteiger partial charge in [-0.3, -0.25) is 4.84 Å². The number of rotatable bonds is 2. The first-order valence-electron chi connectivity index (χ1n) is 1.45. The van der Waals surface area contributed by atoms with Crippen LogP contribution in [0.25, 0.3) is 0 Å². The molecule has 0 aromatic heterocycles. The van der Waals surface area contributed by atoms with Crippen molar-refractivity contribution in [3.05, 3.63) is 0 Å². The zero-order valence-electron chi connectivity index (χ0n) is 3.16. The zero-order valence-corrected chi connectivity index (χ0v) is 3.16.